The second-order valence-electron chi connectivity index (χ2n) is 10.8. The van der Waals surface area contributed by atoms with E-state index in [1.165, 1.54) is 0 Å². The van der Waals surface area contributed by atoms with Gasteiger partial charge in [-0.15, -0.1) is 0 Å². The average molecular weight is 520 g/mol. The fraction of sp³-hybridized carbons (Fsp3) is 0.567. The number of aliphatic hydroxyl groups excluding tert-OH is 1. The van der Waals surface area contributed by atoms with Crippen LogP contribution in [-0.2, 0) is 35.8 Å². The normalized spacial score (nSPS) is 20.8. The molecule has 0 unspecified atom stereocenters. The van der Waals surface area contributed by atoms with Crippen molar-refractivity contribution in [2.75, 3.05) is 0 Å². The third-order valence-electron chi connectivity index (χ3n) is 7.98. The minimum Gasteiger partial charge on any atom is -0.512 e. The minimum atomic E-state index is -0.731. The zero-order chi connectivity index (χ0) is 27.4. The second-order valence-corrected chi connectivity index (χ2v) is 10.8. The molecule has 38 heavy (non-hydrogen) atoms. The average Bonchev–Trinajstić information content (AvgIpc) is 3.43. The van der Waals surface area contributed by atoms with E-state index in [-0.39, 0.29) is 23.7 Å². The topological polar surface area (TPSA) is 102 Å². The van der Waals surface area contributed by atoms with Gasteiger partial charge in [0.2, 0.25) is 5.62 Å². The highest BCUT2D eigenvalue weighted by molar-refractivity contribution is 5.90. The van der Waals surface area contributed by atoms with Gasteiger partial charge in [0.05, 0.1) is 5.57 Å². The van der Waals surface area contributed by atoms with Gasteiger partial charge in [0.1, 0.15) is 17.2 Å². The molecule has 3 heterocycles. The summed E-state index contributed by atoms with van der Waals surface area (Å²) in [6, 6.07) is 4.03. The van der Waals surface area contributed by atoms with Crippen molar-refractivity contribution in [3.63, 3.8) is 0 Å². The molecule has 0 bridgehead atoms. The maximum Gasteiger partial charge on any atom is 0.338 e. The van der Waals surface area contributed by atoms with Crippen LogP contribution < -0.4 is 5.62 Å². The van der Waals surface area contributed by atoms with Crippen molar-refractivity contribution in [3.05, 3.63) is 70.0 Å². The van der Waals surface area contributed by atoms with Gasteiger partial charge in [0.25, 0.3) is 0 Å². The van der Waals surface area contributed by atoms with Crippen LogP contribution >= 0.6 is 0 Å². The van der Waals surface area contributed by atoms with Crippen molar-refractivity contribution in [2.24, 2.45) is 18.0 Å². The predicted molar refractivity (Wildman–Crippen MR) is 146 cm³/mol. The van der Waals surface area contributed by atoms with Crippen molar-refractivity contribution >= 4 is 5.97 Å². The van der Waals surface area contributed by atoms with Crippen LogP contribution in [0.3, 0.4) is 0 Å². The Kier molecular flexibility index (Phi) is 8.48. The van der Waals surface area contributed by atoms with Gasteiger partial charge >= 0.3 is 5.97 Å². The number of carbonyl (C=O) groups excluding carboxylic acids is 1. The smallest absolute Gasteiger partial charge is 0.338 e. The first-order valence-corrected chi connectivity index (χ1v) is 13.9. The van der Waals surface area contributed by atoms with Crippen LogP contribution in [0.1, 0.15) is 87.4 Å². The Hall–Kier alpha value is -3.29. The summed E-state index contributed by atoms with van der Waals surface area (Å²) in [6.07, 6.45) is 7.58. The molecule has 8 heteroatoms. The van der Waals surface area contributed by atoms with Gasteiger partial charge in [-0.3, -0.25) is 0 Å². The number of allylic oxidation sites excluding steroid dienone is 1. The second kappa shape index (κ2) is 11.6. The van der Waals surface area contributed by atoms with Gasteiger partial charge in [-0.05, 0) is 64.0 Å². The van der Waals surface area contributed by atoms with Crippen molar-refractivity contribution in [1.29, 1.82) is 0 Å². The maximum atomic E-state index is 13.4. The molecule has 1 saturated carbocycles. The Bertz CT molecular complexity index is 1300. The van der Waals surface area contributed by atoms with Crippen molar-refractivity contribution < 1.29 is 14.6 Å². The molecule has 1 aliphatic carbocycles. The lowest BCUT2D eigenvalue weighted by molar-refractivity contribution is -0.167. The summed E-state index contributed by atoms with van der Waals surface area (Å²) in [6.45, 7) is 12.1. The Balaban J connectivity index is 1.58. The third kappa shape index (κ3) is 6.05. The fourth-order valence-corrected chi connectivity index (χ4v) is 5.71. The molecule has 204 valence electrons. The van der Waals surface area contributed by atoms with E-state index in [1.54, 1.807) is 0 Å². The lowest BCUT2D eigenvalue weighted by Crippen LogP contribution is -2.46. The van der Waals surface area contributed by atoms with Crippen LogP contribution in [-0.4, -0.2) is 36.2 Å². The van der Waals surface area contributed by atoms with E-state index in [4.69, 9.17) is 9.72 Å². The molecule has 2 aliphatic rings. The molecular formula is C30H41N5O3. The molecule has 1 atom stereocenters. The summed E-state index contributed by atoms with van der Waals surface area (Å²) in [7, 11) is 1.89. The van der Waals surface area contributed by atoms with Crippen LogP contribution in [0.2, 0.25) is 0 Å². The van der Waals surface area contributed by atoms with Gasteiger partial charge in [-0.2, -0.15) is 0 Å². The number of hydrogen-bond donors (Lipinski definition) is 1. The first-order chi connectivity index (χ1) is 18.1. The summed E-state index contributed by atoms with van der Waals surface area (Å²) in [4.78, 5) is 31.8. The molecular weight excluding hydrogens is 478 g/mol. The van der Waals surface area contributed by atoms with Gasteiger partial charge in [0, 0.05) is 54.8 Å². The highest BCUT2D eigenvalue weighted by atomic mass is 16.6. The summed E-state index contributed by atoms with van der Waals surface area (Å²) >= 11 is 0. The molecule has 0 radical (unpaired) electrons. The first-order valence-electron chi connectivity index (χ1n) is 13.9. The molecule has 1 N–H and O–H groups in total. The van der Waals surface area contributed by atoms with Crippen molar-refractivity contribution in [1.82, 2.24) is 19.5 Å². The Labute approximate surface area is 225 Å². The van der Waals surface area contributed by atoms with E-state index in [2.05, 4.69) is 41.5 Å². The number of aromatic nitrogens is 4. The van der Waals surface area contributed by atoms with E-state index < -0.39 is 11.6 Å². The summed E-state index contributed by atoms with van der Waals surface area (Å²) in [5.74, 6) is 0.683. The molecule has 0 spiro atoms. The van der Waals surface area contributed by atoms with E-state index >= 15 is 0 Å². The van der Waals surface area contributed by atoms with Crippen molar-refractivity contribution in [2.45, 2.75) is 97.5 Å². The molecule has 0 saturated heterocycles. The Morgan fingerprint density at radius 1 is 1.16 bits per heavy atom. The SMILES string of the molecule is C=C(CC1=C(O)C[C@](CCc2cc(CC)nc(CC)n2)(C2CCCC2)OC1=O)N=c1nc(C)cc(C)n1C. The minimum absolute atomic E-state index is 0.0911. The molecule has 2 aromatic heterocycles. The number of esters is 1. The molecule has 2 aromatic rings. The third-order valence-corrected chi connectivity index (χ3v) is 7.98. The van der Waals surface area contributed by atoms with Gasteiger partial charge in [0.15, 0.2) is 0 Å². The highest BCUT2D eigenvalue weighted by Crippen LogP contribution is 2.46. The van der Waals surface area contributed by atoms with Crippen LogP contribution in [0.5, 0.6) is 0 Å². The number of aliphatic hydroxyl groups is 1. The summed E-state index contributed by atoms with van der Waals surface area (Å²) < 4.78 is 8.16. The predicted octanol–water partition coefficient (Wildman–Crippen LogP) is 5.08. The zero-order valence-electron chi connectivity index (χ0n) is 23.5. The number of hydrogen-bond acceptors (Lipinski definition) is 7. The molecule has 8 nitrogen and oxygen atoms in total. The summed E-state index contributed by atoms with van der Waals surface area (Å²) in [5.41, 5.74) is 4.34. The highest BCUT2D eigenvalue weighted by Gasteiger charge is 2.48. The number of cyclic esters (lactones) is 1. The van der Waals surface area contributed by atoms with E-state index in [0.29, 0.717) is 30.6 Å². The lowest BCUT2D eigenvalue weighted by Gasteiger charge is -2.41. The number of rotatable bonds is 9. The zero-order valence-corrected chi connectivity index (χ0v) is 23.5. The van der Waals surface area contributed by atoms with E-state index in [9.17, 15) is 9.90 Å². The fourth-order valence-electron chi connectivity index (χ4n) is 5.71. The molecule has 0 aromatic carbocycles. The van der Waals surface area contributed by atoms with E-state index in [1.807, 2.05) is 31.5 Å². The first kappa shape index (κ1) is 27.7. The monoisotopic (exact) mass is 519 g/mol. The standard InChI is InChI=1S/C30H41N5O3/c1-7-23-17-24(34-27(8-2)33-23)13-14-30(22-11-9-10-12-22)18-26(36)25(28(37)38-30)16-20(4)32-29-31-19(3)15-21(5)35(29)6/h15,17,22,36H,4,7-14,16,18H2,1-3,5-6H3/t30-/m1/s1. The molecule has 1 fully saturated rings. The number of ether oxygens (including phenoxy) is 1. The van der Waals surface area contributed by atoms with E-state index in [0.717, 1.165) is 67.1 Å². The van der Waals surface area contributed by atoms with Crippen molar-refractivity contribution in [3.8, 4) is 0 Å². The van der Waals surface area contributed by atoms with Gasteiger partial charge < -0.3 is 14.4 Å². The molecule has 0 amide bonds. The van der Waals surface area contributed by atoms with Crippen LogP contribution in [0, 0.1) is 19.8 Å². The van der Waals surface area contributed by atoms with Crippen LogP contribution in [0.4, 0.5) is 0 Å². The Morgan fingerprint density at radius 3 is 2.53 bits per heavy atom. The molecule has 1 aliphatic heterocycles. The number of nitrogens with zero attached hydrogens (tertiary/aromatic N) is 5. The largest absolute Gasteiger partial charge is 0.512 e. The maximum absolute atomic E-state index is 13.4. The lowest BCUT2D eigenvalue weighted by atomic mass is 9.76. The quantitative estimate of drug-likeness (QED) is 0.464. The van der Waals surface area contributed by atoms with Gasteiger partial charge in [-0.25, -0.2) is 24.7 Å². The van der Waals surface area contributed by atoms with Crippen LogP contribution in [0.25, 0.3) is 0 Å². The number of carbonyl (C=O) groups is 1. The van der Waals surface area contributed by atoms with Gasteiger partial charge in [-0.1, -0.05) is 33.3 Å². The number of aryl methyl sites for hydroxylation is 5. The summed E-state index contributed by atoms with van der Waals surface area (Å²) in [5, 5.41) is 11.2. The Morgan fingerprint density at radius 2 is 1.87 bits per heavy atom. The van der Waals surface area contributed by atoms with Crippen LogP contribution in [0.15, 0.2) is 40.7 Å². The molecule has 4 rings (SSSR count).